The van der Waals surface area contributed by atoms with Crippen molar-refractivity contribution in [2.75, 3.05) is 11.5 Å². The molecule has 1 unspecified atom stereocenters. The Hall–Kier alpha value is -4.21. The maximum Gasteiger partial charge on any atom is 0.301 e. The predicted octanol–water partition coefficient (Wildman–Crippen LogP) is 6.32. The van der Waals surface area contributed by atoms with E-state index in [4.69, 9.17) is 16.3 Å². The fraction of sp³-hybridized carbons (Fsp3) is 0.172. The number of nitrogens with zero attached hydrogens (tertiary/aromatic N) is 4. The number of aliphatic hydroxyl groups is 1. The highest BCUT2D eigenvalue weighted by molar-refractivity contribution is 7.22. The molecule has 1 atom stereocenters. The molecule has 3 aromatic heterocycles. The van der Waals surface area contributed by atoms with Crippen LogP contribution in [-0.4, -0.2) is 37.8 Å². The van der Waals surface area contributed by atoms with Gasteiger partial charge in [-0.15, -0.1) is 0 Å². The van der Waals surface area contributed by atoms with Crippen LogP contribution in [0.4, 0.5) is 5.13 Å². The molecule has 39 heavy (non-hydrogen) atoms. The zero-order valence-electron chi connectivity index (χ0n) is 21.1. The number of anilines is 1. The molecule has 0 saturated carbocycles. The molecule has 1 N–H and O–H groups in total. The van der Waals surface area contributed by atoms with E-state index in [-0.39, 0.29) is 11.3 Å². The summed E-state index contributed by atoms with van der Waals surface area (Å²) in [6, 6.07) is 17.0. The number of thiazole rings is 1. The van der Waals surface area contributed by atoms with Gasteiger partial charge in [0.25, 0.3) is 5.78 Å². The molecule has 6 rings (SSSR count). The highest BCUT2D eigenvalue weighted by Crippen LogP contribution is 2.45. The summed E-state index contributed by atoms with van der Waals surface area (Å²) >= 11 is 7.44. The average Bonchev–Trinajstić information content (AvgIpc) is 3.57. The summed E-state index contributed by atoms with van der Waals surface area (Å²) < 4.78 is 8.33. The quantitative estimate of drug-likeness (QED) is 0.149. The molecule has 0 bridgehead atoms. The number of hydrogen-bond donors (Lipinski definition) is 1. The van der Waals surface area contributed by atoms with Crippen LogP contribution in [-0.2, 0) is 9.59 Å². The molecule has 1 aliphatic heterocycles. The first-order chi connectivity index (χ1) is 18.9. The van der Waals surface area contributed by atoms with Crippen molar-refractivity contribution in [3.05, 3.63) is 94.4 Å². The second kappa shape index (κ2) is 9.83. The summed E-state index contributed by atoms with van der Waals surface area (Å²) in [5, 5.41) is 12.6. The molecule has 0 aliphatic carbocycles. The molecule has 2 aromatic carbocycles. The third-order valence-electron chi connectivity index (χ3n) is 6.56. The Balaban J connectivity index is 1.59. The zero-order chi connectivity index (χ0) is 27.3. The van der Waals surface area contributed by atoms with Crippen molar-refractivity contribution in [2.45, 2.75) is 26.3 Å². The van der Waals surface area contributed by atoms with Crippen LogP contribution < -0.4 is 9.64 Å². The number of aryl methyl sites for hydroxylation is 1. The van der Waals surface area contributed by atoms with Gasteiger partial charge in [-0.05, 0) is 61.4 Å². The number of pyridine rings is 1. The summed E-state index contributed by atoms with van der Waals surface area (Å²) in [6.07, 6.45) is 2.58. The molecule has 1 amide bonds. The van der Waals surface area contributed by atoms with E-state index in [0.717, 1.165) is 11.1 Å². The Kier molecular flexibility index (Phi) is 6.32. The van der Waals surface area contributed by atoms with Gasteiger partial charge in [0.05, 0.1) is 34.1 Å². The Labute approximate surface area is 232 Å². The van der Waals surface area contributed by atoms with Gasteiger partial charge in [-0.2, -0.15) is 0 Å². The highest BCUT2D eigenvalue weighted by Gasteiger charge is 2.48. The van der Waals surface area contributed by atoms with Crippen molar-refractivity contribution in [1.29, 1.82) is 0 Å². The molecular weight excluding hydrogens is 536 g/mol. The summed E-state index contributed by atoms with van der Waals surface area (Å²) in [7, 11) is 0. The molecule has 0 radical (unpaired) electrons. The molecule has 8 nitrogen and oxygen atoms in total. The summed E-state index contributed by atoms with van der Waals surface area (Å²) in [6.45, 7) is 4.28. The van der Waals surface area contributed by atoms with Gasteiger partial charge < -0.3 is 9.84 Å². The van der Waals surface area contributed by atoms with Gasteiger partial charge in [-0.1, -0.05) is 48.1 Å². The van der Waals surface area contributed by atoms with Gasteiger partial charge in [0.1, 0.15) is 17.1 Å². The summed E-state index contributed by atoms with van der Waals surface area (Å²) in [5.41, 5.74) is 2.70. The number of aliphatic hydroxyl groups excluding tert-OH is 1. The number of ketones is 1. The fourth-order valence-corrected chi connectivity index (χ4v) is 6.12. The standard InChI is InChI=1S/C29H23ClN4O4S/c1-3-13-38-19-8-6-7-17(14-19)25-23(26(35)24-16(2)31-22-9-4-5-12-33(22)24)27(36)28(37)34(25)29-32-20-11-10-18(30)15-21(20)39-29/h4-12,14-15,25,35H,3,13H2,1-2H3/b26-23+. The Bertz CT molecular complexity index is 1810. The van der Waals surface area contributed by atoms with Crippen molar-refractivity contribution >= 4 is 61.4 Å². The van der Waals surface area contributed by atoms with E-state index in [1.165, 1.54) is 16.2 Å². The normalized spacial score (nSPS) is 17.0. The smallest absolute Gasteiger partial charge is 0.301 e. The van der Waals surface area contributed by atoms with Crippen molar-refractivity contribution in [1.82, 2.24) is 14.4 Å². The van der Waals surface area contributed by atoms with E-state index < -0.39 is 17.7 Å². The SMILES string of the molecule is CCCOc1cccc(C2/C(=C(\O)c3c(C)nc4ccccn34)C(=O)C(=O)N2c2nc3ccc(Cl)cc3s2)c1. The molecule has 5 aromatic rings. The lowest BCUT2D eigenvalue weighted by Gasteiger charge is -2.23. The third kappa shape index (κ3) is 4.24. The zero-order valence-corrected chi connectivity index (χ0v) is 22.7. The van der Waals surface area contributed by atoms with Crippen LogP contribution in [0.25, 0.3) is 21.6 Å². The first-order valence-corrected chi connectivity index (χ1v) is 13.6. The largest absolute Gasteiger partial charge is 0.505 e. The van der Waals surface area contributed by atoms with Crippen LogP contribution in [0.15, 0.2) is 72.4 Å². The van der Waals surface area contributed by atoms with Gasteiger partial charge in [0.2, 0.25) is 0 Å². The van der Waals surface area contributed by atoms with Crippen LogP contribution >= 0.6 is 22.9 Å². The van der Waals surface area contributed by atoms with Crippen molar-refractivity contribution in [3.63, 3.8) is 0 Å². The maximum absolute atomic E-state index is 13.7. The lowest BCUT2D eigenvalue weighted by Crippen LogP contribution is -2.29. The van der Waals surface area contributed by atoms with Gasteiger partial charge in [0, 0.05) is 11.2 Å². The number of ether oxygens (including phenoxy) is 1. The van der Waals surface area contributed by atoms with Crippen LogP contribution in [0.3, 0.4) is 0 Å². The highest BCUT2D eigenvalue weighted by atomic mass is 35.5. The Morgan fingerprint density at radius 1 is 1.10 bits per heavy atom. The Morgan fingerprint density at radius 3 is 2.77 bits per heavy atom. The maximum atomic E-state index is 13.7. The van der Waals surface area contributed by atoms with E-state index >= 15 is 0 Å². The monoisotopic (exact) mass is 558 g/mol. The molecule has 1 saturated heterocycles. The number of hydrogen-bond acceptors (Lipinski definition) is 7. The molecule has 10 heteroatoms. The lowest BCUT2D eigenvalue weighted by molar-refractivity contribution is -0.132. The van der Waals surface area contributed by atoms with E-state index in [9.17, 15) is 14.7 Å². The molecule has 196 valence electrons. The minimum Gasteiger partial charge on any atom is -0.505 e. The van der Waals surface area contributed by atoms with E-state index in [2.05, 4.69) is 9.97 Å². The number of carbonyl (C=O) groups excluding carboxylic acids is 2. The van der Waals surface area contributed by atoms with Crippen LogP contribution in [0.1, 0.15) is 36.3 Å². The molecule has 4 heterocycles. The minimum atomic E-state index is -0.945. The number of amides is 1. The predicted molar refractivity (Wildman–Crippen MR) is 152 cm³/mol. The number of rotatable bonds is 6. The first-order valence-electron chi connectivity index (χ1n) is 12.4. The second-order valence-electron chi connectivity index (χ2n) is 9.17. The summed E-state index contributed by atoms with van der Waals surface area (Å²) in [5.74, 6) is -1.29. The molecule has 1 fully saturated rings. The minimum absolute atomic E-state index is 0.0429. The number of Topliss-reactive ketones (excluding diaryl/α,β-unsaturated/α-hetero) is 1. The number of carbonyl (C=O) groups is 2. The van der Waals surface area contributed by atoms with Crippen molar-refractivity contribution < 1.29 is 19.4 Å². The first kappa shape index (κ1) is 25.1. The second-order valence-corrected chi connectivity index (χ2v) is 10.6. The van der Waals surface area contributed by atoms with Crippen molar-refractivity contribution in [2.24, 2.45) is 0 Å². The topological polar surface area (TPSA) is 97.0 Å². The van der Waals surface area contributed by atoms with Crippen molar-refractivity contribution in [3.8, 4) is 5.75 Å². The molecule has 0 spiro atoms. The van der Waals surface area contributed by atoms with E-state index in [0.29, 0.717) is 50.6 Å². The van der Waals surface area contributed by atoms with Crippen LogP contribution in [0.5, 0.6) is 5.75 Å². The molecule has 1 aliphatic rings. The van der Waals surface area contributed by atoms with Gasteiger partial charge in [-0.3, -0.25) is 18.9 Å². The number of benzene rings is 2. The molecular formula is C29H23ClN4O4S. The van der Waals surface area contributed by atoms with E-state index in [1.807, 2.05) is 25.1 Å². The fourth-order valence-electron chi connectivity index (χ4n) is 4.86. The number of halogens is 1. The number of aromatic nitrogens is 3. The number of imidazole rings is 1. The number of fused-ring (bicyclic) bond motifs is 2. The van der Waals surface area contributed by atoms with Crippen LogP contribution in [0, 0.1) is 6.92 Å². The van der Waals surface area contributed by atoms with Gasteiger partial charge in [-0.25, -0.2) is 9.97 Å². The van der Waals surface area contributed by atoms with Gasteiger partial charge >= 0.3 is 5.91 Å². The average molecular weight is 559 g/mol. The van der Waals surface area contributed by atoms with Gasteiger partial charge in [0.15, 0.2) is 10.9 Å². The third-order valence-corrected chi connectivity index (χ3v) is 7.82. The van der Waals surface area contributed by atoms with E-state index in [1.54, 1.807) is 60.0 Å². The summed E-state index contributed by atoms with van der Waals surface area (Å²) in [4.78, 5) is 37.8. The van der Waals surface area contributed by atoms with Crippen LogP contribution in [0.2, 0.25) is 5.02 Å². The lowest BCUT2D eigenvalue weighted by atomic mass is 9.96. The Morgan fingerprint density at radius 2 is 1.95 bits per heavy atom.